The molecule has 18 heavy (non-hydrogen) atoms. The van der Waals surface area contributed by atoms with Crippen LogP contribution in [0.3, 0.4) is 0 Å². The van der Waals surface area contributed by atoms with E-state index in [1.54, 1.807) is 0 Å². The maximum absolute atomic E-state index is 11.8. The molecule has 3 nitrogen and oxygen atoms in total. The Morgan fingerprint density at radius 3 is 2.61 bits per heavy atom. The lowest BCUT2D eigenvalue weighted by Gasteiger charge is -2.20. The molecule has 2 fully saturated rings. The van der Waals surface area contributed by atoms with Crippen LogP contribution in [-0.4, -0.2) is 31.8 Å². The predicted molar refractivity (Wildman–Crippen MR) is 58.8 cm³/mol. The third kappa shape index (κ3) is 3.60. The fraction of sp³-hybridized carbons (Fsp3) is 0.917. The van der Waals surface area contributed by atoms with Crippen LogP contribution in [0.4, 0.5) is 13.2 Å². The van der Waals surface area contributed by atoms with E-state index < -0.39 is 12.8 Å². The second-order valence-electron chi connectivity index (χ2n) is 5.24. The van der Waals surface area contributed by atoms with Gasteiger partial charge in [-0.1, -0.05) is 6.42 Å². The number of hydrogen-bond acceptors (Lipinski definition) is 2. The highest BCUT2D eigenvalue weighted by molar-refractivity contribution is 5.79. The van der Waals surface area contributed by atoms with Crippen LogP contribution in [0.15, 0.2) is 0 Å². The van der Waals surface area contributed by atoms with Gasteiger partial charge in [-0.3, -0.25) is 4.79 Å². The topological polar surface area (TPSA) is 38.3 Å². The lowest BCUT2D eigenvalue weighted by Crippen LogP contribution is -2.36. The lowest BCUT2D eigenvalue weighted by atomic mass is 9.88. The summed E-state index contributed by atoms with van der Waals surface area (Å²) in [7, 11) is 0. The SMILES string of the molecule is O=C(NCCOCC(F)(F)F)C1CC2CCC1C2. The van der Waals surface area contributed by atoms with Gasteiger partial charge in [-0.2, -0.15) is 13.2 Å². The molecule has 1 amide bonds. The van der Waals surface area contributed by atoms with Crippen LogP contribution in [0.5, 0.6) is 0 Å². The standard InChI is InChI=1S/C12H18F3NO2/c13-12(14,15)7-18-4-3-16-11(17)10-6-8-1-2-9(10)5-8/h8-10H,1-7H2,(H,16,17). The van der Waals surface area contributed by atoms with Crippen LogP contribution in [0.25, 0.3) is 0 Å². The van der Waals surface area contributed by atoms with Crippen molar-refractivity contribution in [3.63, 3.8) is 0 Å². The zero-order chi connectivity index (χ0) is 13.2. The molecule has 0 aliphatic heterocycles. The van der Waals surface area contributed by atoms with Gasteiger partial charge in [-0.25, -0.2) is 0 Å². The Morgan fingerprint density at radius 2 is 2.06 bits per heavy atom. The van der Waals surface area contributed by atoms with Gasteiger partial charge in [0.05, 0.1) is 6.61 Å². The highest BCUT2D eigenvalue weighted by Gasteiger charge is 2.42. The molecule has 0 aromatic heterocycles. The van der Waals surface area contributed by atoms with Crippen molar-refractivity contribution in [3.8, 4) is 0 Å². The molecule has 2 saturated carbocycles. The van der Waals surface area contributed by atoms with Gasteiger partial charge in [-0.05, 0) is 31.1 Å². The Bertz CT molecular complexity index is 306. The summed E-state index contributed by atoms with van der Waals surface area (Å²) in [4.78, 5) is 11.8. The molecular weight excluding hydrogens is 247 g/mol. The van der Waals surface area contributed by atoms with Gasteiger partial charge in [-0.15, -0.1) is 0 Å². The van der Waals surface area contributed by atoms with Gasteiger partial charge in [0, 0.05) is 12.5 Å². The molecule has 0 spiro atoms. The van der Waals surface area contributed by atoms with Crippen LogP contribution >= 0.6 is 0 Å². The molecule has 0 saturated heterocycles. The van der Waals surface area contributed by atoms with E-state index in [2.05, 4.69) is 10.1 Å². The van der Waals surface area contributed by atoms with E-state index in [0.29, 0.717) is 11.8 Å². The number of fused-ring (bicyclic) bond motifs is 2. The van der Waals surface area contributed by atoms with Gasteiger partial charge in [0.2, 0.25) is 5.91 Å². The normalized spacial score (nSPS) is 30.7. The minimum atomic E-state index is -4.30. The quantitative estimate of drug-likeness (QED) is 0.773. The summed E-state index contributed by atoms with van der Waals surface area (Å²) in [6.07, 6.45) is 0.133. The maximum atomic E-state index is 11.8. The average molecular weight is 265 g/mol. The number of alkyl halides is 3. The number of rotatable bonds is 5. The number of nitrogens with one attached hydrogen (secondary N) is 1. The van der Waals surface area contributed by atoms with Gasteiger partial charge in [0.1, 0.15) is 6.61 Å². The third-order valence-electron chi connectivity index (χ3n) is 3.89. The summed E-state index contributed by atoms with van der Waals surface area (Å²) >= 11 is 0. The summed E-state index contributed by atoms with van der Waals surface area (Å²) < 4.78 is 39.8. The predicted octanol–water partition coefficient (Wildman–Crippen LogP) is 2.12. The number of carbonyl (C=O) groups is 1. The average Bonchev–Trinajstić information content (AvgIpc) is 2.88. The third-order valence-corrected chi connectivity index (χ3v) is 3.89. The van der Waals surface area contributed by atoms with Crippen molar-refractivity contribution < 1.29 is 22.7 Å². The van der Waals surface area contributed by atoms with Crippen LogP contribution in [0, 0.1) is 17.8 Å². The Labute approximate surface area is 104 Å². The van der Waals surface area contributed by atoms with E-state index in [1.807, 2.05) is 0 Å². The first-order chi connectivity index (χ1) is 8.46. The van der Waals surface area contributed by atoms with Gasteiger partial charge < -0.3 is 10.1 Å². The summed E-state index contributed by atoms with van der Waals surface area (Å²) in [5.74, 6) is 1.24. The van der Waals surface area contributed by atoms with E-state index in [9.17, 15) is 18.0 Å². The second kappa shape index (κ2) is 5.47. The smallest absolute Gasteiger partial charge is 0.370 e. The van der Waals surface area contributed by atoms with Crippen LogP contribution in [-0.2, 0) is 9.53 Å². The van der Waals surface area contributed by atoms with Crippen LogP contribution in [0.1, 0.15) is 25.7 Å². The van der Waals surface area contributed by atoms with Gasteiger partial charge >= 0.3 is 6.18 Å². The fourth-order valence-corrected chi connectivity index (χ4v) is 3.13. The van der Waals surface area contributed by atoms with Crippen molar-refractivity contribution in [2.45, 2.75) is 31.9 Å². The molecular formula is C12H18F3NO2. The fourth-order valence-electron chi connectivity index (χ4n) is 3.13. The number of ether oxygens (including phenoxy) is 1. The molecule has 0 aromatic rings. The summed E-state index contributed by atoms with van der Waals surface area (Å²) in [6, 6.07) is 0. The number of hydrogen-bond donors (Lipinski definition) is 1. The number of halogens is 3. The first-order valence-electron chi connectivity index (χ1n) is 6.38. The highest BCUT2D eigenvalue weighted by atomic mass is 19.4. The first-order valence-corrected chi connectivity index (χ1v) is 6.38. The Morgan fingerprint density at radius 1 is 1.28 bits per heavy atom. The molecule has 0 heterocycles. The minimum Gasteiger partial charge on any atom is -0.370 e. The van der Waals surface area contributed by atoms with Crippen molar-refractivity contribution in [1.29, 1.82) is 0 Å². The van der Waals surface area contributed by atoms with Crippen molar-refractivity contribution >= 4 is 5.91 Å². The van der Waals surface area contributed by atoms with Crippen LogP contribution in [0.2, 0.25) is 0 Å². The molecule has 6 heteroatoms. The van der Waals surface area contributed by atoms with E-state index in [-0.39, 0.29) is 25.0 Å². The first kappa shape index (κ1) is 13.6. The Kier molecular flexibility index (Phi) is 4.14. The molecule has 2 rings (SSSR count). The van der Waals surface area contributed by atoms with E-state index in [0.717, 1.165) is 19.3 Å². The van der Waals surface area contributed by atoms with Gasteiger partial charge in [0.15, 0.2) is 0 Å². The molecule has 3 atom stereocenters. The van der Waals surface area contributed by atoms with Crippen molar-refractivity contribution in [3.05, 3.63) is 0 Å². The van der Waals surface area contributed by atoms with Crippen molar-refractivity contribution in [1.82, 2.24) is 5.32 Å². The molecule has 2 aliphatic carbocycles. The molecule has 104 valence electrons. The van der Waals surface area contributed by atoms with Gasteiger partial charge in [0.25, 0.3) is 0 Å². The maximum Gasteiger partial charge on any atom is 0.411 e. The number of carbonyl (C=O) groups excluding carboxylic acids is 1. The minimum absolute atomic E-state index is 0.0159. The van der Waals surface area contributed by atoms with E-state index in [1.165, 1.54) is 6.42 Å². The van der Waals surface area contributed by atoms with Crippen molar-refractivity contribution in [2.75, 3.05) is 19.8 Å². The molecule has 3 unspecified atom stereocenters. The van der Waals surface area contributed by atoms with E-state index in [4.69, 9.17) is 0 Å². The molecule has 2 bridgehead atoms. The zero-order valence-electron chi connectivity index (χ0n) is 10.1. The highest BCUT2D eigenvalue weighted by Crippen LogP contribution is 2.48. The number of amides is 1. The summed E-state index contributed by atoms with van der Waals surface area (Å²) in [6.45, 7) is -1.19. The molecule has 2 aliphatic rings. The largest absolute Gasteiger partial charge is 0.411 e. The van der Waals surface area contributed by atoms with Crippen molar-refractivity contribution in [2.24, 2.45) is 17.8 Å². The summed E-state index contributed by atoms with van der Waals surface area (Å²) in [5.41, 5.74) is 0. The molecule has 0 aromatic carbocycles. The zero-order valence-corrected chi connectivity index (χ0v) is 10.1. The molecule has 0 radical (unpaired) electrons. The monoisotopic (exact) mass is 265 g/mol. The molecule has 1 N–H and O–H groups in total. The van der Waals surface area contributed by atoms with Crippen LogP contribution < -0.4 is 5.32 Å². The van der Waals surface area contributed by atoms with E-state index >= 15 is 0 Å². The summed E-state index contributed by atoms with van der Waals surface area (Å²) in [5, 5.41) is 2.66. The lowest BCUT2D eigenvalue weighted by molar-refractivity contribution is -0.173. The Balaban J connectivity index is 1.58. The Hall–Kier alpha value is -0.780. The second-order valence-corrected chi connectivity index (χ2v) is 5.24.